The number of halogens is 1. The fourth-order valence-electron chi connectivity index (χ4n) is 1.10. The van der Waals surface area contributed by atoms with Crippen LogP contribution in [0.5, 0.6) is 5.75 Å². The van der Waals surface area contributed by atoms with E-state index in [4.69, 9.17) is 14.2 Å². The Labute approximate surface area is 96.7 Å². The number of hydrogen-bond donors (Lipinski definition) is 0. The molecule has 0 N–H and O–H groups in total. The van der Waals surface area contributed by atoms with Crippen LogP contribution in [0, 0.1) is 3.57 Å². The number of aromatic nitrogens is 1. The Kier molecular flexibility index (Phi) is 4.56. The van der Waals surface area contributed by atoms with Gasteiger partial charge in [-0.15, -0.1) is 0 Å². The zero-order chi connectivity index (χ0) is 10.6. The summed E-state index contributed by atoms with van der Waals surface area (Å²) >= 11 is 2.18. The second kappa shape index (κ2) is 5.47. The van der Waals surface area contributed by atoms with Gasteiger partial charge >= 0.3 is 0 Å². The summed E-state index contributed by atoms with van der Waals surface area (Å²) in [5, 5.41) is 0. The van der Waals surface area contributed by atoms with E-state index in [0.29, 0.717) is 0 Å². The van der Waals surface area contributed by atoms with Crippen molar-refractivity contribution in [1.29, 1.82) is 0 Å². The maximum absolute atomic E-state index is 5.14. The highest BCUT2D eigenvalue weighted by Gasteiger charge is 2.15. The standard InChI is InChI=1S/C9H12INO3/c1-12-7-5-11-4-6(8(7)10)9(13-2)14-3/h4-5,9H,1-3H3. The van der Waals surface area contributed by atoms with Crippen molar-refractivity contribution in [3.8, 4) is 5.75 Å². The Hall–Kier alpha value is -0.400. The van der Waals surface area contributed by atoms with Gasteiger partial charge in [0.05, 0.1) is 16.9 Å². The zero-order valence-electron chi connectivity index (χ0n) is 8.28. The topological polar surface area (TPSA) is 40.6 Å². The van der Waals surface area contributed by atoms with Crippen molar-refractivity contribution in [2.75, 3.05) is 21.3 Å². The Bertz CT molecular complexity index is 302. The van der Waals surface area contributed by atoms with E-state index in [0.717, 1.165) is 14.9 Å². The molecule has 0 unspecified atom stereocenters. The summed E-state index contributed by atoms with van der Waals surface area (Å²) in [6.07, 6.45) is 2.97. The van der Waals surface area contributed by atoms with E-state index in [2.05, 4.69) is 27.6 Å². The number of nitrogens with zero attached hydrogens (tertiary/aromatic N) is 1. The highest BCUT2D eigenvalue weighted by Crippen LogP contribution is 2.28. The minimum absolute atomic E-state index is 0.399. The van der Waals surface area contributed by atoms with Crippen LogP contribution in [0.3, 0.4) is 0 Å². The van der Waals surface area contributed by atoms with E-state index in [1.807, 2.05) is 0 Å². The van der Waals surface area contributed by atoms with Gasteiger partial charge in [0.2, 0.25) is 0 Å². The van der Waals surface area contributed by atoms with E-state index in [1.54, 1.807) is 33.7 Å². The monoisotopic (exact) mass is 309 g/mol. The third kappa shape index (κ3) is 2.34. The van der Waals surface area contributed by atoms with E-state index >= 15 is 0 Å². The highest BCUT2D eigenvalue weighted by atomic mass is 127. The highest BCUT2D eigenvalue weighted by molar-refractivity contribution is 14.1. The molecule has 0 atom stereocenters. The van der Waals surface area contributed by atoms with Gasteiger partial charge in [-0.1, -0.05) is 0 Å². The summed E-state index contributed by atoms with van der Waals surface area (Å²) in [4.78, 5) is 4.04. The fourth-order valence-corrected chi connectivity index (χ4v) is 1.85. The van der Waals surface area contributed by atoms with Gasteiger partial charge in [-0.2, -0.15) is 0 Å². The van der Waals surface area contributed by atoms with E-state index in [9.17, 15) is 0 Å². The molecule has 0 saturated heterocycles. The lowest BCUT2D eigenvalue weighted by atomic mass is 10.2. The molecule has 0 amide bonds. The molecule has 0 aliphatic heterocycles. The quantitative estimate of drug-likeness (QED) is 0.630. The molecule has 78 valence electrons. The molecule has 0 aromatic carbocycles. The van der Waals surface area contributed by atoms with Crippen molar-refractivity contribution in [1.82, 2.24) is 4.98 Å². The van der Waals surface area contributed by atoms with Crippen LogP contribution in [0.25, 0.3) is 0 Å². The molecular weight excluding hydrogens is 297 g/mol. The Morgan fingerprint density at radius 1 is 1.21 bits per heavy atom. The van der Waals surface area contributed by atoms with Crippen LogP contribution in [-0.4, -0.2) is 26.3 Å². The van der Waals surface area contributed by atoms with Gasteiger partial charge in [-0.3, -0.25) is 4.98 Å². The van der Waals surface area contributed by atoms with Crippen LogP contribution in [0.2, 0.25) is 0 Å². The molecule has 1 aromatic rings. The minimum atomic E-state index is -0.399. The van der Waals surface area contributed by atoms with Crippen LogP contribution in [-0.2, 0) is 9.47 Å². The van der Waals surface area contributed by atoms with Crippen LogP contribution in [0.4, 0.5) is 0 Å². The van der Waals surface area contributed by atoms with Gasteiger partial charge in [-0.25, -0.2) is 0 Å². The molecule has 0 fully saturated rings. The summed E-state index contributed by atoms with van der Waals surface area (Å²) in [5.74, 6) is 0.724. The van der Waals surface area contributed by atoms with Crippen molar-refractivity contribution < 1.29 is 14.2 Å². The molecular formula is C9H12INO3. The Morgan fingerprint density at radius 3 is 2.36 bits per heavy atom. The van der Waals surface area contributed by atoms with Crippen molar-refractivity contribution in [2.45, 2.75) is 6.29 Å². The average Bonchev–Trinajstić information content (AvgIpc) is 2.22. The van der Waals surface area contributed by atoms with Crippen molar-refractivity contribution in [2.24, 2.45) is 0 Å². The number of methoxy groups -OCH3 is 3. The van der Waals surface area contributed by atoms with Gasteiger partial charge in [0.1, 0.15) is 0 Å². The molecule has 1 aromatic heterocycles. The maximum Gasteiger partial charge on any atom is 0.185 e. The second-order valence-corrected chi connectivity index (χ2v) is 3.63. The largest absolute Gasteiger partial charge is 0.494 e. The second-order valence-electron chi connectivity index (χ2n) is 2.55. The Morgan fingerprint density at radius 2 is 1.86 bits per heavy atom. The van der Waals surface area contributed by atoms with E-state index in [-0.39, 0.29) is 0 Å². The maximum atomic E-state index is 5.14. The van der Waals surface area contributed by atoms with E-state index < -0.39 is 6.29 Å². The lowest BCUT2D eigenvalue weighted by Crippen LogP contribution is -2.07. The molecule has 5 heteroatoms. The molecule has 14 heavy (non-hydrogen) atoms. The Balaban J connectivity index is 3.07. The van der Waals surface area contributed by atoms with Gasteiger partial charge in [0.15, 0.2) is 12.0 Å². The molecule has 1 rings (SSSR count). The van der Waals surface area contributed by atoms with Gasteiger partial charge < -0.3 is 14.2 Å². The molecule has 4 nitrogen and oxygen atoms in total. The normalized spacial score (nSPS) is 10.6. The van der Waals surface area contributed by atoms with Crippen LogP contribution in [0.15, 0.2) is 12.4 Å². The molecule has 0 bridgehead atoms. The molecule has 0 saturated carbocycles. The smallest absolute Gasteiger partial charge is 0.185 e. The van der Waals surface area contributed by atoms with Crippen LogP contribution in [0.1, 0.15) is 11.9 Å². The first-order chi connectivity index (χ1) is 6.74. The number of rotatable bonds is 4. The van der Waals surface area contributed by atoms with Gasteiger partial charge in [-0.05, 0) is 22.6 Å². The molecule has 1 heterocycles. The van der Waals surface area contributed by atoms with Crippen LogP contribution >= 0.6 is 22.6 Å². The lowest BCUT2D eigenvalue weighted by molar-refractivity contribution is -0.106. The van der Waals surface area contributed by atoms with E-state index in [1.165, 1.54) is 0 Å². The van der Waals surface area contributed by atoms with Crippen molar-refractivity contribution in [3.63, 3.8) is 0 Å². The lowest BCUT2D eigenvalue weighted by Gasteiger charge is -2.15. The van der Waals surface area contributed by atoms with Crippen molar-refractivity contribution >= 4 is 22.6 Å². The van der Waals surface area contributed by atoms with Crippen LogP contribution < -0.4 is 4.74 Å². The predicted octanol–water partition coefficient (Wildman–Crippen LogP) is 1.99. The summed E-state index contributed by atoms with van der Waals surface area (Å²) in [7, 11) is 4.78. The third-order valence-electron chi connectivity index (χ3n) is 1.78. The summed E-state index contributed by atoms with van der Waals surface area (Å²) in [6, 6.07) is 0. The fraction of sp³-hybridized carbons (Fsp3) is 0.444. The predicted molar refractivity (Wildman–Crippen MR) is 60.3 cm³/mol. The first-order valence-electron chi connectivity index (χ1n) is 3.97. The summed E-state index contributed by atoms with van der Waals surface area (Å²) < 4.78 is 16.4. The summed E-state index contributed by atoms with van der Waals surface area (Å²) in [5.41, 5.74) is 0.870. The number of ether oxygens (including phenoxy) is 3. The molecule has 0 aliphatic rings. The average molecular weight is 309 g/mol. The number of pyridine rings is 1. The number of hydrogen-bond acceptors (Lipinski definition) is 4. The molecule has 0 aliphatic carbocycles. The molecule has 0 spiro atoms. The SMILES string of the molecule is COc1cncc(C(OC)OC)c1I. The zero-order valence-corrected chi connectivity index (χ0v) is 10.4. The minimum Gasteiger partial charge on any atom is -0.494 e. The first kappa shape index (κ1) is 11.7. The molecule has 0 radical (unpaired) electrons. The van der Waals surface area contributed by atoms with Gasteiger partial charge in [0, 0.05) is 26.0 Å². The summed E-state index contributed by atoms with van der Waals surface area (Å²) in [6.45, 7) is 0. The van der Waals surface area contributed by atoms with Crippen molar-refractivity contribution in [3.05, 3.63) is 21.5 Å². The third-order valence-corrected chi connectivity index (χ3v) is 2.93. The first-order valence-corrected chi connectivity index (χ1v) is 5.05. The van der Waals surface area contributed by atoms with Gasteiger partial charge in [0.25, 0.3) is 0 Å².